The highest BCUT2D eigenvalue weighted by atomic mass is 19.2. The number of carbonyl (C=O) groups is 1. The summed E-state index contributed by atoms with van der Waals surface area (Å²) in [5.41, 5.74) is 0.416. The minimum absolute atomic E-state index is 0.0198. The Kier molecular flexibility index (Phi) is 9.26. The summed E-state index contributed by atoms with van der Waals surface area (Å²) in [6.45, 7) is 4.89. The third-order valence-corrected chi connectivity index (χ3v) is 7.25. The van der Waals surface area contributed by atoms with Crippen molar-refractivity contribution in [1.82, 2.24) is 10.2 Å². The van der Waals surface area contributed by atoms with Gasteiger partial charge in [-0.05, 0) is 44.5 Å². The molecule has 37 heavy (non-hydrogen) atoms. The number of aliphatic hydroxyl groups is 2. The van der Waals surface area contributed by atoms with E-state index < -0.39 is 41.5 Å². The third kappa shape index (κ3) is 6.91. The largest absolute Gasteiger partial charge is 0.390 e. The third-order valence-electron chi connectivity index (χ3n) is 7.25. The van der Waals surface area contributed by atoms with Crippen molar-refractivity contribution in [1.29, 1.82) is 0 Å². The monoisotopic (exact) mass is 518 g/mol. The number of amides is 1. The van der Waals surface area contributed by atoms with Crippen molar-refractivity contribution in [3.63, 3.8) is 0 Å². The summed E-state index contributed by atoms with van der Waals surface area (Å²) < 4.78 is 39.8. The molecule has 4 rings (SSSR count). The first-order valence-electron chi connectivity index (χ1n) is 12.9. The fraction of sp³-hybridized carbons (Fsp3) is 0.536. The average Bonchev–Trinajstić information content (AvgIpc) is 3.40. The van der Waals surface area contributed by atoms with Gasteiger partial charge in [-0.25, -0.2) is 8.78 Å². The molecule has 1 unspecified atom stereocenters. The Labute approximate surface area is 216 Å². The first kappa shape index (κ1) is 27.6. The van der Waals surface area contributed by atoms with Crippen molar-refractivity contribution in [2.75, 3.05) is 26.2 Å². The molecule has 0 aromatic heterocycles. The SMILES string of the molecule is Cc1cccc(CO[C@]2(C(=O)NCCN3CCCC3)CC(OCc3cccc(F)c3F)[C@H](O)[C@H](O)C2)c1. The Hall–Kier alpha value is -2.43. The number of benzene rings is 2. The van der Waals surface area contributed by atoms with Crippen LogP contribution in [0, 0.1) is 18.6 Å². The van der Waals surface area contributed by atoms with Crippen LogP contribution in [0.2, 0.25) is 0 Å². The number of halogens is 2. The minimum atomic E-state index is -1.47. The fourth-order valence-corrected chi connectivity index (χ4v) is 5.14. The van der Waals surface area contributed by atoms with E-state index in [1.165, 1.54) is 12.1 Å². The lowest BCUT2D eigenvalue weighted by Gasteiger charge is -2.44. The molecule has 1 saturated heterocycles. The first-order chi connectivity index (χ1) is 17.8. The van der Waals surface area contributed by atoms with Gasteiger partial charge in [-0.15, -0.1) is 0 Å². The molecule has 0 radical (unpaired) electrons. The van der Waals surface area contributed by atoms with E-state index in [-0.39, 0.29) is 31.6 Å². The number of ether oxygens (including phenoxy) is 2. The van der Waals surface area contributed by atoms with Gasteiger partial charge in [-0.3, -0.25) is 4.79 Å². The first-order valence-corrected chi connectivity index (χ1v) is 12.9. The van der Waals surface area contributed by atoms with Gasteiger partial charge in [-0.1, -0.05) is 42.0 Å². The Bertz CT molecular complexity index is 1060. The van der Waals surface area contributed by atoms with Gasteiger partial charge in [0.15, 0.2) is 17.2 Å². The summed E-state index contributed by atoms with van der Waals surface area (Å²) in [5, 5.41) is 24.3. The topological polar surface area (TPSA) is 91.3 Å². The zero-order valence-electron chi connectivity index (χ0n) is 21.2. The van der Waals surface area contributed by atoms with Crippen LogP contribution in [0.5, 0.6) is 0 Å². The molecule has 7 nitrogen and oxygen atoms in total. The number of nitrogens with zero attached hydrogens (tertiary/aromatic N) is 1. The quantitative estimate of drug-likeness (QED) is 0.448. The van der Waals surface area contributed by atoms with Crippen molar-refractivity contribution < 1.29 is 33.3 Å². The van der Waals surface area contributed by atoms with Crippen molar-refractivity contribution in [2.45, 2.75) is 69.7 Å². The maximum atomic E-state index is 14.2. The molecule has 2 aromatic carbocycles. The number of nitrogens with one attached hydrogen (secondary N) is 1. The Morgan fingerprint density at radius 1 is 1.11 bits per heavy atom. The van der Waals surface area contributed by atoms with Gasteiger partial charge in [0.2, 0.25) is 0 Å². The fourth-order valence-electron chi connectivity index (χ4n) is 5.14. The van der Waals surface area contributed by atoms with Crippen LogP contribution in [0.15, 0.2) is 42.5 Å². The van der Waals surface area contributed by atoms with E-state index in [1.54, 1.807) is 0 Å². The summed E-state index contributed by atoms with van der Waals surface area (Å²) in [6.07, 6.45) is -1.54. The summed E-state index contributed by atoms with van der Waals surface area (Å²) in [4.78, 5) is 15.8. The van der Waals surface area contributed by atoms with Gasteiger partial charge in [-0.2, -0.15) is 0 Å². The molecule has 2 fully saturated rings. The molecular weight excluding hydrogens is 482 g/mol. The van der Waals surface area contributed by atoms with E-state index in [9.17, 15) is 23.8 Å². The number of likely N-dealkylation sites (tertiary alicyclic amines) is 1. The summed E-state index contributed by atoms with van der Waals surface area (Å²) in [6, 6.07) is 11.5. The molecule has 2 aliphatic rings. The minimum Gasteiger partial charge on any atom is -0.390 e. The number of hydrogen-bond donors (Lipinski definition) is 3. The zero-order valence-corrected chi connectivity index (χ0v) is 21.2. The summed E-state index contributed by atoms with van der Waals surface area (Å²) in [5.74, 6) is -2.43. The maximum Gasteiger partial charge on any atom is 0.252 e. The highest BCUT2D eigenvalue weighted by Crippen LogP contribution is 2.36. The van der Waals surface area contributed by atoms with Gasteiger partial charge in [0, 0.05) is 31.5 Å². The van der Waals surface area contributed by atoms with Crippen LogP contribution in [-0.2, 0) is 27.5 Å². The molecule has 9 heteroatoms. The van der Waals surface area contributed by atoms with Gasteiger partial charge >= 0.3 is 0 Å². The Morgan fingerprint density at radius 3 is 2.62 bits per heavy atom. The second-order valence-electron chi connectivity index (χ2n) is 10.1. The number of aliphatic hydroxyl groups excluding tert-OH is 2. The molecule has 1 aliphatic heterocycles. The molecule has 2 aromatic rings. The van der Waals surface area contributed by atoms with E-state index >= 15 is 0 Å². The second-order valence-corrected chi connectivity index (χ2v) is 10.1. The average molecular weight is 519 g/mol. The molecule has 3 N–H and O–H groups in total. The van der Waals surface area contributed by atoms with Crippen LogP contribution in [-0.4, -0.2) is 71.1 Å². The lowest BCUT2D eigenvalue weighted by Crippen LogP contribution is -2.61. The van der Waals surface area contributed by atoms with Crippen LogP contribution >= 0.6 is 0 Å². The zero-order chi connectivity index (χ0) is 26.4. The van der Waals surface area contributed by atoms with E-state index in [4.69, 9.17) is 9.47 Å². The van der Waals surface area contributed by atoms with E-state index in [0.717, 1.165) is 43.1 Å². The van der Waals surface area contributed by atoms with Crippen molar-refractivity contribution in [2.24, 2.45) is 0 Å². The lowest BCUT2D eigenvalue weighted by atomic mass is 9.78. The number of rotatable bonds is 10. The highest BCUT2D eigenvalue weighted by molar-refractivity contribution is 5.85. The molecule has 202 valence electrons. The Balaban J connectivity index is 1.50. The van der Waals surface area contributed by atoms with Gasteiger partial charge in [0.25, 0.3) is 5.91 Å². The van der Waals surface area contributed by atoms with Crippen molar-refractivity contribution >= 4 is 5.91 Å². The molecule has 1 saturated carbocycles. The molecule has 4 atom stereocenters. The molecular formula is C28H36F2N2O5. The van der Waals surface area contributed by atoms with Gasteiger partial charge in [0.1, 0.15) is 6.10 Å². The van der Waals surface area contributed by atoms with E-state index in [1.807, 2.05) is 31.2 Å². The summed E-state index contributed by atoms with van der Waals surface area (Å²) in [7, 11) is 0. The number of hydrogen-bond acceptors (Lipinski definition) is 6. The van der Waals surface area contributed by atoms with Gasteiger partial charge < -0.3 is 29.9 Å². The molecule has 1 amide bonds. The normalized spacial score (nSPS) is 26.4. The maximum absolute atomic E-state index is 14.2. The van der Waals surface area contributed by atoms with Crippen molar-refractivity contribution in [3.05, 3.63) is 70.8 Å². The smallest absolute Gasteiger partial charge is 0.252 e. The number of carbonyl (C=O) groups excluding carboxylic acids is 1. The van der Waals surface area contributed by atoms with Gasteiger partial charge in [0.05, 0.1) is 25.4 Å². The Morgan fingerprint density at radius 2 is 1.86 bits per heavy atom. The molecule has 1 heterocycles. The van der Waals surface area contributed by atoms with Crippen LogP contribution in [0.25, 0.3) is 0 Å². The standard InChI is InChI=1S/C28H36F2N2O5/c1-19-6-4-7-20(14-19)17-37-28(27(35)31-10-13-32-11-2-3-12-32)15-23(33)26(34)24(16-28)36-18-21-8-5-9-22(29)25(21)30/h4-9,14,23-24,26,33-34H,2-3,10-13,15-18H2,1H3,(H,31,35)/t23-,24?,26-,28+/m1/s1. The van der Waals surface area contributed by atoms with Crippen LogP contribution in [0.3, 0.4) is 0 Å². The molecule has 0 spiro atoms. The van der Waals surface area contributed by atoms with Crippen molar-refractivity contribution in [3.8, 4) is 0 Å². The molecule has 0 bridgehead atoms. The molecule has 1 aliphatic carbocycles. The highest BCUT2D eigenvalue weighted by Gasteiger charge is 2.51. The van der Waals surface area contributed by atoms with Crippen LogP contribution in [0.1, 0.15) is 42.4 Å². The van der Waals surface area contributed by atoms with Crippen LogP contribution < -0.4 is 5.32 Å². The lowest BCUT2D eigenvalue weighted by molar-refractivity contribution is -0.200. The number of aryl methyl sites for hydroxylation is 1. The van der Waals surface area contributed by atoms with E-state index in [0.29, 0.717) is 13.1 Å². The predicted molar refractivity (Wildman–Crippen MR) is 134 cm³/mol. The predicted octanol–water partition coefficient (Wildman–Crippen LogP) is 2.84. The van der Waals surface area contributed by atoms with Crippen LogP contribution in [0.4, 0.5) is 8.78 Å². The summed E-state index contributed by atoms with van der Waals surface area (Å²) >= 11 is 0. The van der Waals surface area contributed by atoms with E-state index in [2.05, 4.69) is 10.2 Å². The second kappa shape index (κ2) is 12.4.